The van der Waals surface area contributed by atoms with Crippen molar-refractivity contribution in [2.75, 3.05) is 19.6 Å². The van der Waals surface area contributed by atoms with E-state index in [2.05, 4.69) is 31.5 Å². The number of carbonyl (C=O) groups excluding carboxylic acids is 3. The van der Waals surface area contributed by atoms with Gasteiger partial charge in [-0.15, -0.1) is 16.9 Å². The number of hydrogen-bond donors (Lipinski definition) is 6. The second kappa shape index (κ2) is 11.0. The average Bonchev–Trinajstić information content (AvgIpc) is 3.67. The summed E-state index contributed by atoms with van der Waals surface area (Å²) in [6.07, 6.45) is 2.56. The van der Waals surface area contributed by atoms with Crippen LogP contribution >= 0.6 is 11.8 Å². The van der Waals surface area contributed by atoms with E-state index in [0.29, 0.717) is 37.4 Å². The van der Waals surface area contributed by atoms with Crippen molar-refractivity contribution in [3.05, 3.63) is 16.9 Å². The monoisotopic (exact) mass is 575 g/mol. The Labute approximate surface area is 233 Å². The van der Waals surface area contributed by atoms with Crippen LogP contribution in [0.25, 0.3) is 0 Å². The molecular weight excluding hydrogens is 542 g/mol. The Bertz CT molecular complexity index is 1240. The van der Waals surface area contributed by atoms with Gasteiger partial charge >= 0.3 is 5.97 Å². The number of guanidine groups is 1. The summed E-state index contributed by atoms with van der Waals surface area (Å²) in [5.41, 5.74) is 5.41. The summed E-state index contributed by atoms with van der Waals surface area (Å²) < 4.78 is 1.27. The summed E-state index contributed by atoms with van der Waals surface area (Å²) in [5, 5.41) is 37.0. The fourth-order valence-corrected chi connectivity index (χ4v) is 7.64. The van der Waals surface area contributed by atoms with Gasteiger partial charge < -0.3 is 36.6 Å². The van der Waals surface area contributed by atoms with E-state index in [1.807, 2.05) is 6.92 Å². The van der Waals surface area contributed by atoms with E-state index in [0.717, 1.165) is 0 Å². The van der Waals surface area contributed by atoms with Crippen molar-refractivity contribution >= 4 is 41.4 Å². The SMILES string of the molecule is C[C@@H](NC(=O)Cn1cnnn1)[C@H]1C(=O)N2C(C(=O)O)=C(S[C@@H]3CN[C@H](C(=O)N4CC[C@@H](NC(=N)N)C4)C3)[C@H](C)[C@H]12. The van der Waals surface area contributed by atoms with Crippen molar-refractivity contribution < 1.29 is 24.3 Å². The molecule has 17 heteroatoms. The van der Waals surface area contributed by atoms with Gasteiger partial charge in [-0.2, -0.15) is 0 Å². The van der Waals surface area contributed by atoms with Gasteiger partial charge in [0.15, 0.2) is 5.96 Å². The molecule has 3 saturated heterocycles. The molecule has 5 heterocycles. The van der Waals surface area contributed by atoms with E-state index in [1.165, 1.54) is 27.7 Å². The van der Waals surface area contributed by atoms with Crippen molar-refractivity contribution in [2.45, 2.75) is 62.7 Å². The summed E-state index contributed by atoms with van der Waals surface area (Å²) in [5.74, 6) is -2.80. The number of nitrogens with zero attached hydrogens (tertiary/aromatic N) is 6. The summed E-state index contributed by atoms with van der Waals surface area (Å²) in [6.45, 7) is 5.13. The molecular formula is C23H33N11O5S. The van der Waals surface area contributed by atoms with Crippen LogP contribution in [0.2, 0.25) is 0 Å². The molecule has 0 bridgehead atoms. The molecule has 4 aliphatic heterocycles. The number of β-lactam (4-membered cyclic amide) rings is 1. The number of hydrogen-bond acceptors (Lipinski definition) is 10. The smallest absolute Gasteiger partial charge is 0.353 e. The van der Waals surface area contributed by atoms with Gasteiger partial charge in [0, 0.05) is 47.8 Å². The van der Waals surface area contributed by atoms with Crippen molar-refractivity contribution in [3.8, 4) is 0 Å². The van der Waals surface area contributed by atoms with E-state index < -0.39 is 17.9 Å². The van der Waals surface area contributed by atoms with E-state index in [1.54, 1.807) is 11.8 Å². The molecule has 0 saturated carbocycles. The normalized spacial score (nSPS) is 30.2. The maximum atomic E-state index is 13.1. The predicted octanol–water partition coefficient (Wildman–Crippen LogP) is -2.50. The number of amides is 3. The lowest BCUT2D eigenvalue weighted by Crippen LogP contribution is -2.66. The molecule has 40 heavy (non-hydrogen) atoms. The summed E-state index contributed by atoms with van der Waals surface area (Å²) in [4.78, 5) is 54.7. The Morgan fingerprint density at radius 2 is 2.15 bits per heavy atom. The number of tetrazole rings is 1. The minimum Gasteiger partial charge on any atom is -0.477 e. The number of aromatic nitrogens is 4. The number of likely N-dealkylation sites (tertiary alicyclic amines) is 1. The third-order valence-corrected chi connectivity index (χ3v) is 9.47. The lowest BCUT2D eigenvalue weighted by molar-refractivity contribution is -0.158. The quantitative estimate of drug-likeness (QED) is 0.102. The van der Waals surface area contributed by atoms with Gasteiger partial charge in [-0.3, -0.25) is 19.8 Å². The van der Waals surface area contributed by atoms with Crippen molar-refractivity contribution in [2.24, 2.45) is 17.6 Å². The van der Waals surface area contributed by atoms with Crippen LogP contribution in [0.3, 0.4) is 0 Å². The highest BCUT2D eigenvalue weighted by Gasteiger charge is 2.60. The fourth-order valence-electron chi connectivity index (χ4n) is 6.17. The number of carbonyl (C=O) groups is 4. The first-order valence-electron chi connectivity index (χ1n) is 13.1. The van der Waals surface area contributed by atoms with Crippen LogP contribution in [0, 0.1) is 17.2 Å². The molecule has 3 fully saturated rings. The Kier molecular flexibility index (Phi) is 7.67. The number of nitrogens with one attached hydrogen (secondary N) is 4. The third kappa shape index (κ3) is 5.22. The first-order chi connectivity index (χ1) is 19.0. The zero-order valence-electron chi connectivity index (χ0n) is 22.1. The van der Waals surface area contributed by atoms with Crippen LogP contribution in [0.15, 0.2) is 16.9 Å². The number of carboxylic acids is 1. The maximum Gasteiger partial charge on any atom is 0.353 e. The van der Waals surface area contributed by atoms with Crippen LogP contribution in [0.1, 0.15) is 26.7 Å². The molecule has 0 aromatic carbocycles. The van der Waals surface area contributed by atoms with Crippen LogP contribution in [-0.2, 0) is 25.7 Å². The Balaban J connectivity index is 1.20. The van der Waals surface area contributed by atoms with Gasteiger partial charge in [-0.1, -0.05) is 6.92 Å². The van der Waals surface area contributed by atoms with E-state index in [4.69, 9.17) is 11.1 Å². The molecule has 1 aromatic rings. The maximum absolute atomic E-state index is 13.1. The number of carboxylic acid groups (broad SMARTS) is 1. The predicted molar refractivity (Wildman–Crippen MR) is 141 cm³/mol. The van der Waals surface area contributed by atoms with Gasteiger partial charge in [0.1, 0.15) is 18.6 Å². The van der Waals surface area contributed by atoms with Gasteiger partial charge in [0.25, 0.3) is 0 Å². The zero-order chi connectivity index (χ0) is 28.7. The number of aliphatic carboxylic acids is 1. The summed E-state index contributed by atoms with van der Waals surface area (Å²) in [7, 11) is 0. The van der Waals surface area contributed by atoms with Crippen LogP contribution in [0.5, 0.6) is 0 Å². The number of rotatable bonds is 9. The van der Waals surface area contributed by atoms with E-state index in [9.17, 15) is 24.3 Å². The lowest BCUT2D eigenvalue weighted by atomic mass is 9.78. The van der Waals surface area contributed by atoms with E-state index >= 15 is 0 Å². The highest BCUT2D eigenvalue weighted by Crippen LogP contribution is 2.51. The molecule has 0 spiro atoms. The Morgan fingerprint density at radius 1 is 1.38 bits per heavy atom. The molecule has 0 aliphatic carbocycles. The van der Waals surface area contributed by atoms with Gasteiger partial charge in [-0.05, 0) is 30.2 Å². The summed E-state index contributed by atoms with van der Waals surface area (Å²) >= 11 is 1.41. The second-order valence-corrected chi connectivity index (χ2v) is 12.0. The highest BCUT2D eigenvalue weighted by molar-refractivity contribution is 8.03. The van der Waals surface area contributed by atoms with Crippen LogP contribution < -0.4 is 21.7 Å². The Morgan fingerprint density at radius 3 is 2.83 bits per heavy atom. The first kappa shape index (κ1) is 27.8. The number of thioether (sulfide) groups is 1. The number of nitrogens with two attached hydrogens (primary N) is 1. The molecule has 7 atom stereocenters. The van der Waals surface area contributed by atoms with Crippen molar-refractivity contribution in [3.63, 3.8) is 0 Å². The first-order valence-corrected chi connectivity index (χ1v) is 14.0. The van der Waals surface area contributed by atoms with Crippen molar-refractivity contribution in [1.29, 1.82) is 5.41 Å². The van der Waals surface area contributed by atoms with Gasteiger partial charge in [0.2, 0.25) is 17.7 Å². The standard InChI is InChI=1S/C23H33N11O5S/c1-10-17-16(11(2)28-15(35)8-33-9-27-30-31-33)21(37)34(17)18(22(38)39)19(10)40-13-5-14(26-6-13)20(36)32-4-3-12(7-32)29-23(24)25/h9-14,16-17,26H,3-8H2,1-2H3,(H,28,35)(H,38,39)(H4,24,25,29)/t10-,11-,12-,13+,14+,16-,17-/m1/s1. The fraction of sp³-hybridized carbons (Fsp3) is 0.652. The second-order valence-electron chi connectivity index (χ2n) is 10.7. The van der Waals surface area contributed by atoms with Gasteiger partial charge in [-0.25, -0.2) is 9.48 Å². The third-order valence-electron chi connectivity index (χ3n) is 7.96. The molecule has 0 radical (unpaired) electrons. The Hall–Kier alpha value is -3.73. The van der Waals surface area contributed by atoms with Crippen LogP contribution in [0.4, 0.5) is 0 Å². The molecule has 4 aliphatic rings. The van der Waals surface area contributed by atoms with Gasteiger partial charge in [0.05, 0.1) is 18.0 Å². The lowest BCUT2D eigenvalue weighted by Gasteiger charge is -2.47. The highest BCUT2D eigenvalue weighted by atomic mass is 32.2. The largest absolute Gasteiger partial charge is 0.477 e. The molecule has 216 valence electrons. The minimum atomic E-state index is -1.17. The molecule has 0 unspecified atom stereocenters. The number of fused-ring (bicyclic) bond motifs is 1. The van der Waals surface area contributed by atoms with Crippen LogP contribution in [-0.4, -0.2) is 114 Å². The average molecular weight is 576 g/mol. The zero-order valence-corrected chi connectivity index (χ0v) is 22.9. The van der Waals surface area contributed by atoms with Crippen molar-refractivity contribution in [1.82, 2.24) is 46.0 Å². The summed E-state index contributed by atoms with van der Waals surface area (Å²) in [6, 6.07) is -1.33. The molecule has 16 nitrogen and oxygen atoms in total. The molecule has 7 N–H and O–H groups in total. The van der Waals surface area contributed by atoms with E-state index in [-0.39, 0.29) is 65.2 Å². The minimum absolute atomic E-state index is 0.0107. The molecule has 1 aromatic heterocycles. The molecule has 3 amide bonds. The topological polar surface area (TPSA) is 225 Å². The molecule has 5 rings (SSSR count).